The van der Waals surface area contributed by atoms with E-state index in [9.17, 15) is 12.8 Å². The zero-order valence-corrected chi connectivity index (χ0v) is 10.5. The summed E-state index contributed by atoms with van der Waals surface area (Å²) in [4.78, 5) is -0.0213. The lowest BCUT2D eigenvalue weighted by Gasteiger charge is -2.09. The molecule has 0 saturated heterocycles. The monoisotopic (exact) mass is 292 g/mol. The second-order valence-electron chi connectivity index (χ2n) is 3.10. The minimum absolute atomic E-state index is 0.0213. The summed E-state index contributed by atoms with van der Waals surface area (Å²) < 4.78 is 36.0. The first-order chi connectivity index (χ1) is 6.88. The predicted molar refractivity (Wildman–Crippen MR) is 62.3 cm³/mol. The van der Waals surface area contributed by atoms with E-state index in [1.807, 2.05) is 0 Å². The molecule has 0 unspecified atom stereocenters. The molecule has 0 radical (unpaired) electrons. The molecule has 0 N–H and O–H groups in total. The molecule has 5 heteroatoms. The zero-order chi connectivity index (χ0) is 11.6. The standard InChI is InChI=1S/C10H10BrFO2S/c1-7(12)10-8(6-11)4-3-5-9(10)15(2,13)14/h3-5H,1,6H2,2H3. The molecule has 1 rings (SSSR count). The van der Waals surface area contributed by atoms with Crippen LogP contribution in [0.25, 0.3) is 5.83 Å². The lowest BCUT2D eigenvalue weighted by molar-refractivity contribution is 0.600. The van der Waals surface area contributed by atoms with Gasteiger partial charge in [-0.15, -0.1) is 0 Å². The maximum absolute atomic E-state index is 13.2. The third-order valence-corrected chi connectivity index (χ3v) is 3.67. The third-order valence-electron chi connectivity index (χ3n) is 1.93. The number of sulfone groups is 1. The number of halogens is 2. The Morgan fingerprint density at radius 1 is 1.53 bits per heavy atom. The van der Waals surface area contributed by atoms with Crippen molar-refractivity contribution in [1.29, 1.82) is 0 Å². The number of alkyl halides is 1. The van der Waals surface area contributed by atoms with Gasteiger partial charge in [0.15, 0.2) is 9.84 Å². The quantitative estimate of drug-likeness (QED) is 0.803. The van der Waals surface area contributed by atoms with Crippen molar-refractivity contribution in [2.75, 3.05) is 6.26 Å². The Morgan fingerprint density at radius 3 is 2.53 bits per heavy atom. The Bertz CT molecular complexity index is 494. The van der Waals surface area contributed by atoms with Gasteiger partial charge >= 0.3 is 0 Å². The number of hydrogen-bond acceptors (Lipinski definition) is 2. The number of rotatable bonds is 3. The smallest absolute Gasteiger partial charge is 0.176 e. The largest absolute Gasteiger partial charge is 0.224 e. The van der Waals surface area contributed by atoms with E-state index in [0.717, 1.165) is 6.26 Å². The normalized spacial score (nSPS) is 11.4. The topological polar surface area (TPSA) is 34.1 Å². The molecule has 1 aromatic rings. The second kappa shape index (κ2) is 4.45. The van der Waals surface area contributed by atoms with E-state index in [4.69, 9.17) is 0 Å². The van der Waals surface area contributed by atoms with Gasteiger partial charge in [0.1, 0.15) is 5.83 Å². The van der Waals surface area contributed by atoms with Crippen LogP contribution in [0, 0.1) is 0 Å². The summed E-state index contributed by atoms with van der Waals surface area (Å²) in [5.41, 5.74) is 0.641. The van der Waals surface area contributed by atoms with Crippen LogP contribution in [0.1, 0.15) is 11.1 Å². The average molecular weight is 293 g/mol. The van der Waals surface area contributed by atoms with Gasteiger partial charge in [-0.05, 0) is 11.6 Å². The molecule has 2 nitrogen and oxygen atoms in total. The number of hydrogen-bond donors (Lipinski definition) is 0. The molecular formula is C10H10BrFO2S. The molecule has 0 aromatic heterocycles. The molecule has 0 aliphatic rings. The van der Waals surface area contributed by atoms with Gasteiger partial charge in [0, 0.05) is 17.1 Å². The van der Waals surface area contributed by atoms with Gasteiger partial charge in [-0.2, -0.15) is 0 Å². The SMILES string of the molecule is C=C(F)c1c(CBr)cccc1S(C)(=O)=O. The molecule has 0 saturated carbocycles. The van der Waals surface area contributed by atoms with Gasteiger partial charge in [0.25, 0.3) is 0 Å². The van der Waals surface area contributed by atoms with Crippen molar-refractivity contribution >= 4 is 31.6 Å². The predicted octanol–water partition coefficient (Wildman–Crippen LogP) is 2.93. The Labute approximate surface area is 96.9 Å². The average Bonchev–Trinajstić information content (AvgIpc) is 2.15. The maximum Gasteiger partial charge on any atom is 0.176 e. The van der Waals surface area contributed by atoms with Gasteiger partial charge in [-0.1, -0.05) is 34.6 Å². The van der Waals surface area contributed by atoms with Crippen molar-refractivity contribution in [3.8, 4) is 0 Å². The summed E-state index contributed by atoms with van der Waals surface area (Å²) in [7, 11) is -3.43. The van der Waals surface area contributed by atoms with Crippen molar-refractivity contribution in [2.45, 2.75) is 10.2 Å². The van der Waals surface area contributed by atoms with Crippen LogP contribution >= 0.6 is 15.9 Å². The minimum atomic E-state index is -3.43. The van der Waals surface area contributed by atoms with E-state index in [1.54, 1.807) is 12.1 Å². The number of benzene rings is 1. The van der Waals surface area contributed by atoms with E-state index in [0.29, 0.717) is 10.9 Å². The van der Waals surface area contributed by atoms with Crippen LogP contribution in [-0.4, -0.2) is 14.7 Å². The van der Waals surface area contributed by atoms with Crippen LogP contribution in [-0.2, 0) is 15.2 Å². The lowest BCUT2D eigenvalue weighted by atomic mass is 10.1. The van der Waals surface area contributed by atoms with Gasteiger partial charge in [-0.3, -0.25) is 0 Å². The highest BCUT2D eigenvalue weighted by molar-refractivity contribution is 9.08. The molecule has 0 heterocycles. The van der Waals surface area contributed by atoms with Crippen LogP contribution in [0.15, 0.2) is 29.7 Å². The van der Waals surface area contributed by atoms with E-state index in [2.05, 4.69) is 22.5 Å². The van der Waals surface area contributed by atoms with Crippen LogP contribution in [0.3, 0.4) is 0 Å². The molecule has 0 spiro atoms. The van der Waals surface area contributed by atoms with Crippen LogP contribution in [0.5, 0.6) is 0 Å². The first-order valence-corrected chi connectivity index (χ1v) is 7.12. The van der Waals surface area contributed by atoms with Crippen molar-refractivity contribution in [2.24, 2.45) is 0 Å². The van der Waals surface area contributed by atoms with Crippen molar-refractivity contribution in [3.63, 3.8) is 0 Å². The van der Waals surface area contributed by atoms with Crippen LogP contribution < -0.4 is 0 Å². The molecule has 0 bridgehead atoms. The molecule has 82 valence electrons. The van der Waals surface area contributed by atoms with E-state index in [1.165, 1.54) is 6.07 Å². The summed E-state index contributed by atoms with van der Waals surface area (Å²) in [6, 6.07) is 4.62. The van der Waals surface area contributed by atoms with E-state index >= 15 is 0 Å². The molecule has 1 aromatic carbocycles. The first kappa shape index (κ1) is 12.4. The minimum Gasteiger partial charge on any atom is -0.224 e. The highest BCUT2D eigenvalue weighted by Gasteiger charge is 2.18. The van der Waals surface area contributed by atoms with Gasteiger partial charge < -0.3 is 0 Å². The molecule has 0 amide bonds. The van der Waals surface area contributed by atoms with E-state index in [-0.39, 0.29) is 10.5 Å². The fourth-order valence-corrected chi connectivity index (χ4v) is 2.71. The van der Waals surface area contributed by atoms with Crippen molar-refractivity contribution < 1.29 is 12.8 Å². The summed E-state index contributed by atoms with van der Waals surface area (Å²) in [6.07, 6.45) is 1.05. The Balaban J connectivity index is 3.60. The lowest BCUT2D eigenvalue weighted by Crippen LogP contribution is -2.03. The van der Waals surface area contributed by atoms with Crippen molar-refractivity contribution in [1.82, 2.24) is 0 Å². The maximum atomic E-state index is 13.2. The molecule has 0 fully saturated rings. The fraction of sp³-hybridized carbons (Fsp3) is 0.200. The molecule has 15 heavy (non-hydrogen) atoms. The molecule has 0 aliphatic carbocycles. The van der Waals surface area contributed by atoms with Gasteiger partial charge in [0.05, 0.1) is 4.90 Å². The summed E-state index contributed by atoms with van der Waals surface area (Å²) in [6.45, 7) is 3.16. The summed E-state index contributed by atoms with van der Waals surface area (Å²) in [5.74, 6) is -0.731. The molecular weight excluding hydrogens is 283 g/mol. The second-order valence-corrected chi connectivity index (χ2v) is 5.65. The van der Waals surface area contributed by atoms with Crippen molar-refractivity contribution in [3.05, 3.63) is 35.9 Å². The van der Waals surface area contributed by atoms with Crippen LogP contribution in [0.2, 0.25) is 0 Å². The van der Waals surface area contributed by atoms with E-state index < -0.39 is 15.7 Å². The highest BCUT2D eigenvalue weighted by Crippen LogP contribution is 2.28. The van der Waals surface area contributed by atoms with Gasteiger partial charge in [-0.25, -0.2) is 12.8 Å². The summed E-state index contributed by atoms with van der Waals surface area (Å²) >= 11 is 3.17. The zero-order valence-electron chi connectivity index (χ0n) is 8.13. The highest BCUT2D eigenvalue weighted by atomic mass is 79.9. The Morgan fingerprint density at radius 2 is 2.13 bits per heavy atom. The Hall–Kier alpha value is -0.680. The molecule has 0 aliphatic heterocycles. The van der Waals surface area contributed by atoms with Crippen LogP contribution in [0.4, 0.5) is 4.39 Å². The molecule has 0 atom stereocenters. The summed E-state index contributed by atoms with van der Waals surface area (Å²) in [5, 5.41) is 0.384. The van der Waals surface area contributed by atoms with Gasteiger partial charge in [0.2, 0.25) is 0 Å². The first-order valence-electron chi connectivity index (χ1n) is 4.10. The Kier molecular flexibility index (Phi) is 3.67. The fourth-order valence-electron chi connectivity index (χ4n) is 1.30. The third kappa shape index (κ3) is 2.66.